The molecule has 0 fully saturated rings. The van der Waals surface area contributed by atoms with Gasteiger partial charge in [-0.25, -0.2) is 4.98 Å². The first kappa shape index (κ1) is 35.9. The average molecular weight is 761 g/mol. The van der Waals surface area contributed by atoms with Gasteiger partial charge in [0.1, 0.15) is 35.2 Å². The number of benzene rings is 6. The zero-order valence-electron chi connectivity index (χ0n) is 34.5. The standard InChI is InChI=1S/C52H48N4O2/c1-32-26-35(52(6,7)8)27-33(2)49(32)55-31-54(42-17-10-11-18-43(42)55)36-14-13-15-37(29-36)57-38-20-21-39-40-22-23-46-48(41-16-9-12-19-45(41)58-46)50(40)56(44(39)30-38)47-28-34(24-25-53-47)51(3,4)5/h9-30H,31H2,1-8H3. The van der Waals surface area contributed by atoms with Crippen LogP contribution in [0.3, 0.4) is 0 Å². The molecule has 0 aliphatic carbocycles. The van der Waals surface area contributed by atoms with Crippen LogP contribution in [0.25, 0.3) is 49.6 Å². The molecular formula is C52H48N4O2. The summed E-state index contributed by atoms with van der Waals surface area (Å²) < 4.78 is 15.5. The fourth-order valence-corrected chi connectivity index (χ4v) is 8.89. The van der Waals surface area contributed by atoms with Crippen molar-refractivity contribution >= 4 is 66.5 Å². The number of pyridine rings is 1. The summed E-state index contributed by atoms with van der Waals surface area (Å²) in [5.74, 6) is 2.39. The summed E-state index contributed by atoms with van der Waals surface area (Å²) >= 11 is 0. The second-order valence-corrected chi connectivity index (χ2v) is 17.9. The van der Waals surface area contributed by atoms with Crippen molar-refractivity contribution in [3.8, 4) is 17.3 Å². The highest BCUT2D eigenvalue weighted by Crippen LogP contribution is 2.48. The van der Waals surface area contributed by atoms with Crippen LogP contribution in [0, 0.1) is 13.8 Å². The Morgan fingerprint density at radius 3 is 2.03 bits per heavy atom. The molecule has 0 saturated carbocycles. The third-order valence-electron chi connectivity index (χ3n) is 11.8. The summed E-state index contributed by atoms with van der Waals surface area (Å²) in [5.41, 5.74) is 13.7. The Hall–Kier alpha value is -6.53. The molecule has 288 valence electrons. The Labute approximate surface area is 339 Å². The predicted molar refractivity (Wildman–Crippen MR) is 241 cm³/mol. The second-order valence-electron chi connectivity index (χ2n) is 17.9. The van der Waals surface area contributed by atoms with Gasteiger partial charge in [0.15, 0.2) is 0 Å². The second kappa shape index (κ2) is 13.0. The lowest BCUT2D eigenvalue weighted by atomic mass is 9.84. The molecule has 1 aliphatic rings. The highest BCUT2D eigenvalue weighted by molar-refractivity contribution is 6.24. The zero-order valence-corrected chi connectivity index (χ0v) is 34.5. The number of nitrogens with zero attached hydrogens (tertiary/aromatic N) is 4. The molecular weight excluding hydrogens is 713 g/mol. The minimum atomic E-state index is -0.0468. The smallest absolute Gasteiger partial charge is 0.137 e. The Balaban J connectivity index is 1.06. The number of hydrogen-bond acceptors (Lipinski definition) is 5. The van der Waals surface area contributed by atoms with Gasteiger partial charge in [0.25, 0.3) is 0 Å². The predicted octanol–water partition coefficient (Wildman–Crippen LogP) is 14.3. The first-order chi connectivity index (χ1) is 27.8. The van der Waals surface area contributed by atoms with Crippen molar-refractivity contribution in [2.75, 3.05) is 16.5 Å². The van der Waals surface area contributed by atoms with Gasteiger partial charge in [-0.15, -0.1) is 0 Å². The summed E-state index contributed by atoms with van der Waals surface area (Å²) in [4.78, 5) is 9.83. The number of anilines is 4. The molecule has 9 aromatic rings. The van der Waals surface area contributed by atoms with Gasteiger partial charge in [-0.1, -0.05) is 90.1 Å². The monoisotopic (exact) mass is 760 g/mol. The van der Waals surface area contributed by atoms with Crippen molar-refractivity contribution in [1.82, 2.24) is 9.55 Å². The van der Waals surface area contributed by atoms with Crippen LogP contribution in [0.2, 0.25) is 0 Å². The number of fused-ring (bicyclic) bond motifs is 8. The van der Waals surface area contributed by atoms with E-state index >= 15 is 0 Å². The SMILES string of the molecule is Cc1cc(C(C)(C)C)cc(C)c1N1CN(c2cccc(Oc3ccc4c5ccc6oc7ccccc7c6c5n(-c5cc(C(C)(C)C)ccn5)c4c3)c2)c2ccccc21. The van der Waals surface area contributed by atoms with Crippen LogP contribution in [-0.4, -0.2) is 16.2 Å². The molecule has 0 radical (unpaired) electrons. The van der Waals surface area contributed by atoms with E-state index in [2.05, 4.69) is 179 Å². The lowest BCUT2D eigenvalue weighted by Crippen LogP contribution is -2.25. The van der Waals surface area contributed by atoms with Gasteiger partial charge < -0.3 is 19.0 Å². The molecule has 1 aliphatic heterocycles. The van der Waals surface area contributed by atoms with Crippen molar-refractivity contribution in [3.63, 3.8) is 0 Å². The van der Waals surface area contributed by atoms with Gasteiger partial charge in [0, 0.05) is 45.9 Å². The van der Waals surface area contributed by atoms with E-state index < -0.39 is 0 Å². The first-order valence-corrected chi connectivity index (χ1v) is 20.2. The van der Waals surface area contributed by atoms with Gasteiger partial charge in [-0.2, -0.15) is 0 Å². The Morgan fingerprint density at radius 2 is 1.28 bits per heavy atom. The van der Waals surface area contributed by atoms with Gasteiger partial charge in [-0.05, 0) is 114 Å². The van der Waals surface area contributed by atoms with Gasteiger partial charge >= 0.3 is 0 Å². The number of hydrogen-bond donors (Lipinski definition) is 0. The Bertz CT molecular complexity index is 3060. The molecule has 0 amide bonds. The van der Waals surface area contributed by atoms with Crippen molar-refractivity contribution in [2.45, 2.75) is 66.2 Å². The van der Waals surface area contributed by atoms with E-state index in [0.29, 0.717) is 6.67 Å². The summed E-state index contributed by atoms with van der Waals surface area (Å²) in [6, 6.07) is 45.2. The van der Waals surface area contributed by atoms with Crippen LogP contribution >= 0.6 is 0 Å². The highest BCUT2D eigenvalue weighted by Gasteiger charge is 2.31. The number of ether oxygens (including phenoxy) is 1. The van der Waals surface area contributed by atoms with Crippen LogP contribution < -0.4 is 14.5 Å². The molecule has 0 unspecified atom stereocenters. The molecule has 0 spiro atoms. The fraction of sp³-hybridized carbons (Fsp3) is 0.212. The molecule has 0 bridgehead atoms. The maximum atomic E-state index is 6.78. The summed E-state index contributed by atoms with van der Waals surface area (Å²) in [5, 5.41) is 4.43. The third-order valence-corrected chi connectivity index (χ3v) is 11.8. The average Bonchev–Trinajstić information content (AvgIpc) is 3.87. The van der Waals surface area contributed by atoms with Crippen molar-refractivity contribution < 1.29 is 9.15 Å². The minimum Gasteiger partial charge on any atom is -0.457 e. The molecule has 6 aromatic carbocycles. The van der Waals surface area contributed by atoms with E-state index in [1.807, 2.05) is 24.4 Å². The Morgan fingerprint density at radius 1 is 0.586 bits per heavy atom. The third kappa shape index (κ3) is 5.81. The van der Waals surface area contributed by atoms with E-state index in [4.69, 9.17) is 14.1 Å². The summed E-state index contributed by atoms with van der Waals surface area (Å²) in [7, 11) is 0. The largest absolute Gasteiger partial charge is 0.457 e. The first-order valence-electron chi connectivity index (χ1n) is 20.2. The highest BCUT2D eigenvalue weighted by atomic mass is 16.5. The van der Waals surface area contributed by atoms with Crippen molar-refractivity contribution in [1.29, 1.82) is 0 Å². The number of rotatable bonds is 5. The molecule has 3 aromatic heterocycles. The van der Waals surface area contributed by atoms with Crippen LogP contribution in [-0.2, 0) is 10.8 Å². The number of furan rings is 1. The maximum absolute atomic E-state index is 6.78. The Kier molecular flexibility index (Phi) is 8.04. The van der Waals surface area contributed by atoms with E-state index in [0.717, 1.165) is 66.7 Å². The van der Waals surface area contributed by atoms with Crippen LogP contribution in [0.5, 0.6) is 11.5 Å². The van der Waals surface area contributed by atoms with Gasteiger partial charge in [0.2, 0.25) is 0 Å². The maximum Gasteiger partial charge on any atom is 0.137 e. The molecule has 6 nitrogen and oxygen atoms in total. The van der Waals surface area contributed by atoms with E-state index in [9.17, 15) is 0 Å². The van der Waals surface area contributed by atoms with Gasteiger partial charge in [-0.3, -0.25) is 4.57 Å². The molecule has 6 heteroatoms. The lowest BCUT2D eigenvalue weighted by molar-refractivity contribution is 0.483. The minimum absolute atomic E-state index is 0.0468. The molecule has 0 N–H and O–H groups in total. The number of aryl methyl sites for hydroxylation is 2. The van der Waals surface area contributed by atoms with E-state index in [1.54, 1.807) is 0 Å². The van der Waals surface area contributed by atoms with Crippen LogP contribution in [0.1, 0.15) is 63.8 Å². The lowest BCUT2D eigenvalue weighted by Gasteiger charge is -2.28. The molecule has 0 atom stereocenters. The van der Waals surface area contributed by atoms with Crippen LogP contribution in [0.15, 0.2) is 138 Å². The zero-order chi connectivity index (χ0) is 40.1. The molecule has 0 saturated heterocycles. The molecule has 4 heterocycles. The summed E-state index contributed by atoms with van der Waals surface area (Å²) in [6.07, 6.45) is 1.92. The number of aromatic nitrogens is 2. The topological polar surface area (TPSA) is 46.7 Å². The summed E-state index contributed by atoms with van der Waals surface area (Å²) in [6.45, 7) is 18.7. The van der Waals surface area contributed by atoms with Gasteiger partial charge in [0.05, 0.1) is 27.8 Å². The van der Waals surface area contributed by atoms with Crippen molar-refractivity contribution in [3.05, 3.63) is 156 Å². The van der Waals surface area contributed by atoms with E-state index in [1.165, 1.54) is 39.3 Å². The van der Waals surface area contributed by atoms with E-state index in [-0.39, 0.29) is 10.8 Å². The molecule has 58 heavy (non-hydrogen) atoms. The van der Waals surface area contributed by atoms with Crippen molar-refractivity contribution in [2.24, 2.45) is 0 Å². The normalized spacial score (nSPS) is 13.4. The molecule has 10 rings (SSSR count). The van der Waals surface area contributed by atoms with Crippen LogP contribution in [0.4, 0.5) is 22.7 Å². The quantitative estimate of drug-likeness (QED) is 0.175. The fourth-order valence-electron chi connectivity index (χ4n) is 8.89. The number of para-hydroxylation sites is 3.